The van der Waals surface area contributed by atoms with Crippen LogP contribution >= 0.6 is 11.6 Å². The minimum Gasteiger partial charge on any atom is -0.493 e. The number of halogens is 3. The Morgan fingerprint density at radius 3 is 2.88 bits per heavy atom. The molecular weight excluding hydrogens is 464 g/mol. The number of H-pyrrole nitrogens is 1. The summed E-state index contributed by atoms with van der Waals surface area (Å²) in [6, 6.07) is 6.96. The van der Waals surface area contributed by atoms with E-state index in [-0.39, 0.29) is 6.61 Å². The monoisotopic (exact) mass is 483 g/mol. The van der Waals surface area contributed by atoms with E-state index in [0.717, 1.165) is 0 Å². The van der Waals surface area contributed by atoms with Crippen LogP contribution < -0.4 is 10.1 Å². The van der Waals surface area contributed by atoms with Crippen LogP contribution in [0.15, 0.2) is 36.7 Å². The molecule has 0 radical (unpaired) electrons. The lowest BCUT2D eigenvalue weighted by Crippen LogP contribution is -2.17. The summed E-state index contributed by atoms with van der Waals surface area (Å²) in [5.74, 6) is 5.61. The molecular formula is C25H20ClF2N3O3. The standard InChI is InChI=1S/C25H20ClF2N3O3/c1-33-22-16(26)3-2-4-18(22)31-21-19-17(7-12-34-23(19)32)30-20(21)15-6-11-29-13-14(15)5-8-25(9-10-25)24(27)28/h2-4,6,11,13,24,30-31H,7,9-10,12H2,1H3. The first-order valence-electron chi connectivity index (χ1n) is 10.7. The summed E-state index contributed by atoms with van der Waals surface area (Å²) in [7, 11) is 1.50. The molecule has 0 amide bonds. The molecule has 9 heteroatoms. The van der Waals surface area contributed by atoms with Gasteiger partial charge in [0, 0.05) is 30.1 Å². The quantitative estimate of drug-likeness (QED) is 0.365. The number of alkyl halides is 2. The van der Waals surface area contributed by atoms with Gasteiger partial charge in [0.2, 0.25) is 0 Å². The molecule has 5 rings (SSSR count). The molecule has 174 valence electrons. The Morgan fingerprint density at radius 2 is 2.15 bits per heavy atom. The highest BCUT2D eigenvalue weighted by atomic mass is 35.5. The van der Waals surface area contributed by atoms with E-state index in [9.17, 15) is 13.6 Å². The number of aromatic nitrogens is 2. The van der Waals surface area contributed by atoms with Gasteiger partial charge < -0.3 is 19.8 Å². The van der Waals surface area contributed by atoms with Crippen LogP contribution in [-0.4, -0.2) is 36.1 Å². The molecule has 1 fully saturated rings. The fourth-order valence-corrected chi connectivity index (χ4v) is 4.25. The second kappa shape index (κ2) is 8.65. The smallest absolute Gasteiger partial charge is 0.342 e. The number of anilines is 2. The molecule has 1 aromatic carbocycles. The molecule has 0 bridgehead atoms. The normalized spacial score (nSPS) is 15.7. The van der Waals surface area contributed by atoms with Gasteiger partial charge >= 0.3 is 5.97 Å². The Kier molecular flexibility index (Phi) is 5.66. The molecule has 0 saturated heterocycles. The van der Waals surface area contributed by atoms with Gasteiger partial charge in [0.15, 0.2) is 5.75 Å². The van der Waals surface area contributed by atoms with Gasteiger partial charge in [-0.05, 0) is 31.0 Å². The van der Waals surface area contributed by atoms with Crippen LogP contribution in [0.4, 0.5) is 20.2 Å². The summed E-state index contributed by atoms with van der Waals surface area (Å²) in [6.45, 7) is 0.256. The fourth-order valence-electron chi connectivity index (χ4n) is 4.00. The summed E-state index contributed by atoms with van der Waals surface area (Å²) in [5, 5.41) is 3.67. The fraction of sp³-hybridized carbons (Fsp3) is 0.280. The molecule has 2 aromatic heterocycles. The molecule has 3 heterocycles. The first-order valence-corrected chi connectivity index (χ1v) is 11.1. The van der Waals surface area contributed by atoms with Gasteiger partial charge in [-0.2, -0.15) is 0 Å². The van der Waals surface area contributed by atoms with Crippen molar-refractivity contribution in [3.63, 3.8) is 0 Å². The highest BCUT2D eigenvalue weighted by Gasteiger charge is 2.50. The van der Waals surface area contributed by atoms with Crippen LogP contribution in [0.2, 0.25) is 5.02 Å². The van der Waals surface area contributed by atoms with E-state index in [1.807, 2.05) is 0 Å². The predicted molar refractivity (Wildman–Crippen MR) is 124 cm³/mol. The Bertz CT molecular complexity index is 1340. The number of nitrogens with zero attached hydrogens (tertiary/aromatic N) is 1. The number of esters is 1. The van der Waals surface area contributed by atoms with Gasteiger partial charge in [0.1, 0.15) is 5.56 Å². The number of fused-ring (bicyclic) bond motifs is 1. The number of ether oxygens (including phenoxy) is 2. The lowest BCUT2D eigenvalue weighted by molar-refractivity contribution is 0.0480. The van der Waals surface area contributed by atoms with E-state index in [0.29, 0.717) is 69.5 Å². The van der Waals surface area contributed by atoms with Crippen molar-refractivity contribution in [3.8, 4) is 28.8 Å². The second-order valence-electron chi connectivity index (χ2n) is 8.19. The SMILES string of the molecule is COc1c(Cl)cccc1Nc1c(-c2ccncc2C#CC2(C(F)F)CC2)[nH]c2c1C(=O)OCC2. The lowest BCUT2D eigenvalue weighted by atomic mass is 10.0. The summed E-state index contributed by atoms with van der Waals surface area (Å²) < 4.78 is 37.5. The molecule has 0 spiro atoms. The molecule has 0 unspecified atom stereocenters. The zero-order chi connectivity index (χ0) is 23.9. The maximum atomic E-state index is 13.4. The summed E-state index contributed by atoms with van der Waals surface area (Å²) in [5.41, 5.74) is 2.50. The number of rotatable bonds is 5. The van der Waals surface area contributed by atoms with Gasteiger partial charge in [0.05, 0.1) is 46.8 Å². The predicted octanol–water partition coefficient (Wildman–Crippen LogP) is 5.59. The van der Waals surface area contributed by atoms with Crippen LogP contribution in [0.1, 0.15) is 34.5 Å². The van der Waals surface area contributed by atoms with Gasteiger partial charge in [-0.3, -0.25) is 4.98 Å². The van der Waals surface area contributed by atoms with Crippen molar-refractivity contribution in [1.29, 1.82) is 0 Å². The van der Waals surface area contributed by atoms with Crippen molar-refractivity contribution in [1.82, 2.24) is 9.97 Å². The van der Waals surface area contributed by atoms with Crippen molar-refractivity contribution >= 4 is 28.9 Å². The van der Waals surface area contributed by atoms with Crippen molar-refractivity contribution < 1.29 is 23.0 Å². The number of carbonyl (C=O) groups excluding carboxylic acids is 1. The molecule has 2 N–H and O–H groups in total. The van der Waals surface area contributed by atoms with Gasteiger partial charge in [-0.15, -0.1) is 0 Å². The van der Waals surface area contributed by atoms with Gasteiger partial charge in [-0.1, -0.05) is 29.5 Å². The second-order valence-corrected chi connectivity index (χ2v) is 8.60. The zero-order valence-electron chi connectivity index (χ0n) is 18.2. The topological polar surface area (TPSA) is 76.2 Å². The Balaban J connectivity index is 1.65. The molecule has 6 nitrogen and oxygen atoms in total. The van der Waals surface area contributed by atoms with Crippen LogP contribution in [0.5, 0.6) is 5.75 Å². The number of pyridine rings is 1. The number of nitrogens with one attached hydrogen (secondary N) is 2. The van der Waals surface area contributed by atoms with Gasteiger partial charge in [0.25, 0.3) is 6.43 Å². The largest absolute Gasteiger partial charge is 0.493 e. The van der Waals surface area contributed by atoms with Crippen molar-refractivity contribution in [2.75, 3.05) is 19.0 Å². The minimum atomic E-state index is -2.50. The third kappa shape index (κ3) is 3.86. The number of carbonyl (C=O) groups is 1. The molecule has 1 aliphatic heterocycles. The van der Waals surface area contributed by atoms with Crippen molar-refractivity contribution in [2.45, 2.75) is 25.7 Å². The third-order valence-electron chi connectivity index (χ3n) is 6.04. The van der Waals surface area contributed by atoms with E-state index in [2.05, 4.69) is 27.1 Å². The highest BCUT2D eigenvalue weighted by Crippen LogP contribution is 2.50. The number of hydrogen-bond acceptors (Lipinski definition) is 5. The summed E-state index contributed by atoms with van der Waals surface area (Å²) >= 11 is 6.29. The van der Waals surface area contributed by atoms with Crippen LogP contribution in [0.3, 0.4) is 0 Å². The molecule has 3 aromatic rings. The maximum Gasteiger partial charge on any atom is 0.342 e. The third-order valence-corrected chi connectivity index (χ3v) is 6.34. The van der Waals surface area contributed by atoms with E-state index in [4.69, 9.17) is 21.1 Å². The Morgan fingerprint density at radius 1 is 1.32 bits per heavy atom. The highest BCUT2D eigenvalue weighted by molar-refractivity contribution is 6.32. The van der Waals surface area contributed by atoms with Crippen LogP contribution in [0, 0.1) is 17.3 Å². The molecule has 1 aliphatic carbocycles. The Labute approximate surface area is 199 Å². The molecule has 0 atom stereocenters. The lowest BCUT2D eigenvalue weighted by Gasteiger charge is -2.16. The number of aromatic amines is 1. The molecule has 1 saturated carbocycles. The average molecular weight is 484 g/mol. The molecule has 34 heavy (non-hydrogen) atoms. The van der Waals surface area contributed by atoms with Gasteiger partial charge in [-0.25, -0.2) is 13.6 Å². The van der Waals surface area contributed by atoms with Crippen LogP contribution in [-0.2, 0) is 11.2 Å². The summed E-state index contributed by atoms with van der Waals surface area (Å²) in [6.07, 6.45) is 1.87. The maximum absolute atomic E-state index is 13.4. The first-order chi connectivity index (χ1) is 16.4. The first kappa shape index (κ1) is 22.2. The van der Waals surface area contributed by atoms with Crippen molar-refractivity contribution in [2.24, 2.45) is 5.41 Å². The van der Waals surface area contributed by atoms with E-state index in [1.54, 1.807) is 30.5 Å². The Hall–Kier alpha value is -3.57. The number of cyclic esters (lactones) is 1. The van der Waals surface area contributed by atoms with E-state index in [1.165, 1.54) is 13.3 Å². The van der Waals surface area contributed by atoms with E-state index < -0.39 is 17.8 Å². The van der Waals surface area contributed by atoms with E-state index >= 15 is 0 Å². The van der Waals surface area contributed by atoms with Crippen molar-refractivity contribution in [3.05, 3.63) is 58.5 Å². The number of para-hydroxylation sites is 1. The molecule has 2 aliphatic rings. The number of benzene rings is 1. The number of hydrogen-bond donors (Lipinski definition) is 2. The zero-order valence-corrected chi connectivity index (χ0v) is 18.9. The number of methoxy groups -OCH3 is 1. The van der Waals surface area contributed by atoms with Crippen LogP contribution in [0.25, 0.3) is 11.3 Å². The average Bonchev–Trinajstić information content (AvgIpc) is 3.54. The summed E-state index contributed by atoms with van der Waals surface area (Å²) in [4.78, 5) is 20.2. The minimum absolute atomic E-state index is 0.256.